The second kappa shape index (κ2) is 15.2. The summed E-state index contributed by atoms with van der Waals surface area (Å²) in [6, 6.07) is 34.2. The van der Waals surface area contributed by atoms with Crippen LogP contribution in [-0.2, 0) is 4.79 Å². The van der Waals surface area contributed by atoms with Crippen LogP contribution >= 0.6 is 0 Å². The van der Waals surface area contributed by atoms with E-state index in [1.165, 1.54) is 6.21 Å². The van der Waals surface area contributed by atoms with E-state index in [0.717, 1.165) is 16.5 Å². The van der Waals surface area contributed by atoms with E-state index in [2.05, 4.69) is 15.8 Å². The van der Waals surface area contributed by atoms with Gasteiger partial charge in [-0.15, -0.1) is 0 Å². The lowest BCUT2D eigenvalue weighted by atomic mass is 10.0. The number of nitrogens with zero attached hydrogens (tertiary/aromatic N) is 2. The van der Waals surface area contributed by atoms with Crippen LogP contribution in [0.15, 0.2) is 126 Å². The Morgan fingerprint density at radius 3 is 2.23 bits per heavy atom. The molecule has 0 bridgehead atoms. The van der Waals surface area contributed by atoms with Crippen molar-refractivity contribution in [1.29, 1.82) is 0 Å². The van der Waals surface area contributed by atoms with Gasteiger partial charge in [0.05, 0.1) is 18.4 Å². The van der Waals surface area contributed by atoms with E-state index in [1.807, 2.05) is 86.6 Å². The number of benzene rings is 5. The minimum absolute atomic E-state index is 0.0132. The van der Waals surface area contributed by atoms with Gasteiger partial charge < -0.3 is 19.7 Å². The fourth-order valence-electron chi connectivity index (χ4n) is 4.72. The van der Waals surface area contributed by atoms with E-state index in [1.54, 1.807) is 60.7 Å². The average molecular weight is 627 g/mol. The quantitative estimate of drug-likeness (QED) is 0.0574. The highest BCUT2D eigenvalue weighted by atomic mass is 16.6. The maximum atomic E-state index is 13.3. The summed E-state index contributed by atoms with van der Waals surface area (Å²) in [6.07, 6.45) is 3.01. The normalized spacial score (nSPS) is 11.3. The Bertz CT molecular complexity index is 1950. The van der Waals surface area contributed by atoms with Gasteiger partial charge in [0.1, 0.15) is 5.70 Å². The first kappa shape index (κ1) is 32.2. The maximum Gasteiger partial charge on any atom is 0.344 e. The lowest BCUT2D eigenvalue weighted by Gasteiger charge is -2.13. The van der Waals surface area contributed by atoms with Crippen LogP contribution in [0, 0.1) is 0 Å². The zero-order valence-corrected chi connectivity index (χ0v) is 26.3. The first-order valence-corrected chi connectivity index (χ1v) is 15.0. The molecule has 5 aromatic carbocycles. The number of hydrogen-bond acceptors (Lipinski definition) is 7. The summed E-state index contributed by atoms with van der Waals surface area (Å²) in [7, 11) is 3.87. The van der Waals surface area contributed by atoms with Gasteiger partial charge in [0.25, 0.3) is 11.8 Å². The Labute approximate surface area is 273 Å². The molecule has 9 heteroatoms. The fourth-order valence-corrected chi connectivity index (χ4v) is 4.72. The van der Waals surface area contributed by atoms with Crippen molar-refractivity contribution >= 4 is 46.5 Å². The number of carbonyl (C=O) groups excluding carboxylic acids is 3. The topological polar surface area (TPSA) is 109 Å². The molecule has 0 aliphatic heterocycles. The molecule has 0 radical (unpaired) electrons. The number of esters is 1. The molecule has 5 rings (SSSR count). The highest BCUT2D eigenvalue weighted by Crippen LogP contribution is 2.30. The average Bonchev–Trinajstić information content (AvgIpc) is 3.09. The lowest BCUT2D eigenvalue weighted by Crippen LogP contribution is -2.32. The number of fused-ring (bicyclic) bond motifs is 1. The fraction of sp³-hybridized carbons (Fsp3) is 0.105. The van der Waals surface area contributed by atoms with Gasteiger partial charge >= 0.3 is 5.97 Å². The summed E-state index contributed by atoms with van der Waals surface area (Å²) < 4.78 is 11.5. The molecule has 0 unspecified atom stereocenters. The van der Waals surface area contributed by atoms with Gasteiger partial charge in [0, 0.05) is 25.3 Å². The SMILES string of the molecule is CCOc1cc(/C=N/NC(=O)/C(=C/c2ccc(N(C)C)cc2)NC(=O)c2ccccc2)ccc1OC(=O)c1cccc2ccccc12. The van der Waals surface area contributed by atoms with E-state index in [-0.39, 0.29) is 11.4 Å². The number of hydrazone groups is 1. The molecule has 0 saturated heterocycles. The Hall–Kier alpha value is -6.22. The van der Waals surface area contributed by atoms with E-state index >= 15 is 0 Å². The number of amides is 2. The van der Waals surface area contributed by atoms with E-state index < -0.39 is 17.8 Å². The molecule has 2 N–H and O–H groups in total. The second-order valence-electron chi connectivity index (χ2n) is 10.6. The Balaban J connectivity index is 1.32. The Morgan fingerprint density at radius 2 is 1.49 bits per heavy atom. The van der Waals surface area contributed by atoms with Crippen molar-refractivity contribution in [2.45, 2.75) is 6.92 Å². The van der Waals surface area contributed by atoms with Crippen LogP contribution < -0.4 is 25.1 Å². The molecule has 9 nitrogen and oxygen atoms in total. The molecule has 0 aliphatic carbocycles. The molecule has 0 atom stereocenters. The molecule has 2 amide bonds. The monoisotopic (exact) mass is 626 g/mol. The van der Waals surface area contributed by atoms with Crippen molar-refractivity contribution in [3.63, 3.8) is 0 Å². The van der Waals surface area contributed by atoms with Crippen LogP contribution in [0.3, 0.4) is 0 Å². The van der Waals surface area contributed by atoms with Crippen LogP contribution in [0.1, 0.15) is 38.8 Å². The van der Waals surface area contributed by atoms with Gasteiger partial charge in [-0.2, -0.15) is 5.10 Å². The summed E-state index contributed by atoms with van der Waals surface area (Å²) in [6.45, 7) is 2.16. The maximum absolute atomic E-state index is 13.3. The van der Waals surface area contributed by atoms with Gasteiger partial charge in [-0.25, -0.2) is 10.2 Å². The molecule has 0 spiro atoms. The van der Waals surface area contributed by atoms with E-state index in [0.29, 0.717) is 34.6 Å². The van der Waals surface area contributed by atoms with E-state index in [4.69, 9.17) is 9.47 Å². The van der Waals surface area contributed by atoms with Crippen molar-refractivity contribution in [2.75, 3.05) is 25.6 Å². The number of hydrogen-bond donors (Lipinski definition) is 2. The zero-order valence-electron chi connectivity index (χ0n) is 26.3. The van der Waals surface area contributed by atoms with Gasteiger partial charge in [0.2, 0.25) is 0 Å². The van der Waals surface area contributed by atoms with Crippen molar-refractivity contribution in [3.05, 3.63) is 143 Å². The van der Waals surface area contributed by atoms with Gasteiger partial charge in [-0.3, -0.25) is 9.59 Å². The van der Waals surface area contributed by atoms with Crippen molar-refractivity contribution < 1.29 is 23.9 Å². The highest BCUT2D eigenvalue weighted by molar-refractivity contribution is 6.06. The molecule has 0 aromatic heterocycles. The number of anilines is 1. The predicted octanol–water partition coefficient (Wildman–Crippen LogP) is 6.44. The summed E-state index contributed by atoms with van der Waals surface area (Å²) in [4.78, 5) is 41.3. The first-order valence-electron chi connectivity index (χ1n) is 15.0. The zero-order chi connectivity index (χ0) is 33.2. The molecule has 0 heterocycles. The lowest BCUT2D eigenvalue weighted by molar-refractivity contribution is -0.117. The third-order valence-electron chi connectivity index (χ3n) is 7.11. The van der Waals surface area contributed by atoms with Gasteiger partial charge in [-0.1, -0.05) is 66.7 Å². The Kier molecular flexibility index (Phi) is 10.4. The highest BCUT2D eigenvalue weighted by Gasteiger charge is 2.17. The van der Waals surface area contributed by atoms with Crippen molar-refractivity contribution in [1.82, 2.24) is 10.7 Å². The third kappa shape index (κ3) is 8.29. The minimum Gasteiger partial charge on any atom is -0.490 e. The minimum atomic E-state index is -0.618. The van der Waals surface area contributed by atoms with Crippen LogP contribution in [0.25, 0.3) is 16.8 Å². The third-order valence-corrected chi connectivity index (χ3v) is 7.11. The van der Waals surface area contributed by atoms with Gasteiger partial charge in [0.15, 0.2) is 11.5 Å². The summed E-state index contributed by atoms with van der Waals surface area (Å²) in [5.41, 5.74) is 5.64. The molecule has 47 heavy (non-hydrogen) atoms. The smallest absolute Gasteiger partial charge is 0.344 e. The molecular formula is C38H34N4O5. The standard InChI is InChI=1S/C38H34N4O5/c1-4-46-35-24-27(19-22-34(35)47-38(45)32-16-10-14-28-11-8-9-15-31(28)32)25-39-41-37(44)33(40-36(43)29-12-6-5-7-13-29)23-26-17-20-30(21-18-26)42(2)3/h5-25H,4H2,1-3H3,(H,40,43)(H,41,44)/b33-23-,39-25+. The van der Waals surface area contributed by atoms with Crippen LogP contribution in [-0.4, -0.2) is 44.7 Å². The predicted molar refractivity (Wildman–Crippen MR) is 185 cm³/mol. The molecular weight excluding hydrogens is 592 g/mol. The number of rotatable bonds is 11. The number of carbonyl (C=O) groups is 3. The molecule has 236 valence electrons. The second-order valence-corrected chi connectivity index (χ2v) is 10.6. The molecule has 0 aliphatic rings. The van der Waals surface area contributed by atoms with Crippen LogP contribution in [0.2, 0.25) is 0 Å². The Morgan fingerprint density at radius 1 is 0.787 bits per heavy atom. The largest absolute Gasteiger partial charge is 0.490 e. The van der Waals surface area contributed by atoms with Crippen molar-refractivity contribution in [3.8, 4) is 11.5 Å². The van der Waals surface area contributed by atoms with E-state index in [9.17, 15) is 14.4 Å². The van der Waals surface area contributed by atoms with Crippen LogP contribution in [0.4, 0.5) is 5.69 Å². The van der Waals surface area contributed by atoms with Gasteiger partial charge in [-0.05, 0) is 83.4 Å². The number of ether oxygens (including phenoxy) is 2. The summed E-state index contributed by atoms with van der Waals surface area (Å²) in [5, 5.41) is 8.53. The molecule has 0 fully saturated rings. The summed E-state index contributed by atoms with van der Waals surface area (Å²) in [5.74, 6) is -0.971. The molecule has 0 saturated carbocycles. The number of nitrogens with one attached hydrogen (secondary N) is 2. The van der Waals surface area contributed by atoms with Crippen molar-refractivity contribution in [2.24, 2.45) is 5.10 Å². The summed E-state index contributed by atoms with van der Waals surface area (Å²) >= 11 is 0. The molecule has 5 aromatic rings. The first-order chi connectivity index (χ1) is 22.8. The van der Waals surface area contributed by atoms with Crippen LogP contribution in [0.5, 0.6) is 11.5 Å².